The molecule has 2 N–H and O–H groups in total. The zero-order chi connectivity index (χ0) is 18.9. The van der Waals surface area contributed by atoms with Crippen LogP contribution in [0.25, 0.3) is 11.4 Å². The number of nitrogens with zero attached hydrogens (tertiary/aromatic N) is 6. The van der Waals surface area contributed by atoms with Gasteiger partial charge in [-0.05, 0) is 32.8 Å². The lowest BCUT2D eigenvalue weighted by Crippen LogP contribution is -2.57. The van der Waals surface area contributed by atoms with Crippen molar-refractivity contribution in [2.75, 3.05) is 42.5 Å². The molecule has 4 heterocycles. The maximum atomic E-state index is 9.84. The van der Waals surface area contributed by atoms with Gasteiger partial charge in [-0.3, -0.25) is 0 Å². The molecule has 2 aromatic rings. The van der Waals surface area contributed by atoms with E-state index in [4.69, 9.17) is 4.98 Å². The van der Waals surface area contributed by atoms with Crippen molar-refractivity contribution in [3.8, 4) is 11.4 Å². The number of hydrogen-bond donors (Lipinski definition) is 2. The number of β-amino-alcohol motifs (C(OH)–C–C–N with tert-alkyl or cyclic N) is 1. The third-order valence-electron chi connectivity index (χ3n) is 5.11. The zero-order valence-corrected chi connectivity index (χ0v) is 16.0. The van der Waals surface area contributed by atoms with E-state index >= 15 is 0 Å². The fourth-order valence-electron chi connectivity index (χ4n) is 3.74. The molecule has 0 spiro atoms. The molecule has 0 bridgehead atoms. The maximum absolute atomic E-state index is 9.84. The Labute approximate surface area is 159 Å². The number of rotatable bonds is 3. The van der Waals surface area contributed by atoms with Crippen molar-refractivity contribution in [2.24, 2.45) is 0 Å². The molecule has 0 saturated carbocycles. The molecule has 2 saturated heterocycles. The Morgan fingerprint density at radius 3 is 2.70 bits per heavy atom. The van der Waals surface area contributed by atoms with E-state index in [1.807, 2.05) is 11.0 Å². The van der Waals surface area contributed by atoms with E-state index in [-0.39, 0.29) is 11.6 Å². The van der Waals surface area contributed by atoms with Crippen LogP contribution in [-0.2, 0) is 0 Å². The molecule has 4 rings (SSSR count). The Morgan fingerprint density at radius 1 is 1.15 bits per heavy atom. The molecule has 8 heteroatoms. The fraction of sp³-hybridized carbons (Fsp3) is 0.579. The predicted octanol–water partition coefficient (Wildman–Crippen LogP) is 1.08. The highest BCUT2D eigenvalue weighted by Crippen LogP contribution is 2.22. The summed E-state index contributed by atoms with van der Waals surface area (Å²) in [5, 5.41) is 13.4. The Bertz CT molecular complexity index is 780. The normalized spacial score (nSPS) is 22.7. The molecule has 2 aliphatic rings. The summed E-state index contributed by atoms with van der Waals surface area (Å²) in [6.45, 7) is 8.62. The zero-order valence-electron chi connectivity index (χ0n) is 16.0. The molecular weight excluding hydrogens is 342 g/mol. The molecule has 144 valence electrons. The first-order valence-corrected chi connectivity index (χ1v) is 9.59. The topological polar surface area (TPSA) is 90.3 Å². The molecule has 2 aliphatic heterocycles. The maximum Gasteiger partial charge on any atom is 0.225 e. The van der Waals surface area contributed by atoms with Gasteiger partial charge in [-0.25, -0.2) is 19.9 Å². The molecule has 2 fully saturated rings. The van der Waals surface area contributed by atoms with Crippen LogP contribution >= 0.6 is 0 Å². The summed E-state index contributed by atoms with van der Waals surface area (Å²) < 4.78 is 0. The third kappa shape index (κ3) is 4.17. The number of aliphatic hydroxyl groups excluding tert-OH is 1. The number of aromatic nitrogens is 4. The largest absolute Gasteiger partial charge is 0.391 e. The summed E-state index contributed by atoms with van der Waals surface area (Å²) in [6.07, 6.45) is 6.83. The van der Waals surface area contributed by atoms with Crippen LogP contribution in [0, 0.1) is 0 Å². The summed E-state index contributed by atoms with van der Waals surface area (Å²) in [5.41, 5.74) is 0.861. The predicted molar refractivity (Wildman–Crippen MR) is 105 cm³/mol. The molecule has 27 heavy (non-hydrogen) atoms. The van der Waals surface area contributed by atoms with Gasteiger partial charge in [-0.2, -0.15) is 0 Å². The van der Waals surface area contributed by atoms with E-state index in [0.29, 0.717) is 18.3 Å². The molecule has 0 aromatic carbocycles. The Kier molecular flexibility index (Phi) is 4.92. The van der Waals surface area contributed by atoms with Crippen molar-refractivity contribution in [1.82, 2.24) is 25.3 Å². The summed E-state index contributed by atoms with van der Waals surface area (Å²) in [5.74, 6) is 2.21. The van der Waals surface area contributed by atoms with Crippen molar-refractivity contribution in [3.63, 3.8) is 0 Å². The molecule has 0 radical (unpaired) electrons. The van der Waals surface area contributed by atoms with Gasteiger partial charge in [0.15, 0.2) is 5.82 Å². The van der Waals surface area contributed by atoms with E-state index in [1.165, 1.54) is 0 Å². The van der Waals surface area contributed by atoms with E-state index in [0.717, 1.165) is 50.4 Å². The van der Waals surface area contributed by atoms with Gasteiger partial charge in [0.1, 0.15) is 5.82 Å². The van der Waals surface area contributed by atoms with Crippen molar-refractivity contribution < 1.29 is 5.11 Å². The second kappa shape index (κ2) is 7.36. The third-order valence-corrected chi connectivity index (χ3v) is 5.11. The van der Waals surface area contributed by atoms with Crippen LogP contribution in [-0.4, -0.2) is 69.4 Å². The molecule has 1 unspecified atom stereocenters. The first kappa shape index (κ1) is 18.1. The van der Waals surface area contributed by atoms with Crippen molar-refractivity contribution in [2.45, 2.75) is 38.3 Å². The van der Waals surface area contributed by atoms with Crippen LogP contribution in [0.1, 0.15) is 26.7 Å². The van der Waals surface area contributed by atoms with Crippen LogP contribution in [0.2, 0.25) is 0 Å². The van der Waals surface area contributed by atoms with Crippen molar-refractivity contribution >= 4 is 11.8 Å². The Morgan fingerprint density at radius 2 is 1.96 bits per heavy atom. The van der Waals surface area contributed by atoms with Gasteiger partial charge >= 0.3 is 0 Å². The quantitative estimate of drug-likeness (QED) is 0.831. The fourth-order valence-corrected chi connectivity index (χ4v) is 3.74. The van der Waals surface area contributed by atoms with E-state index in [9.17, 15) is 5.11 Å². The highest BCUT2D eigenvalue weighted by atomic mass is 16.3. The first-order chi connectivity index (χ1) is 13.0. The van der Waals surface area contributed by atoms with Gasteiger partial charge in [0, 0.05) is 56.9 Å². The van der Waals surface area contributed by atoms with E-state index in [2.05, 4.69) is 39.0 Å². The number of hydrogen-bond acceptors (Lipinski definition) is 8. The van der Waals surface area contributed by atoms with Crippen LogP contribution in [0.15, 0.2) is 24.7 Å². The lowest BCUT2D eigenvalue weighted by molar-refractivity contribution is 0.153. The summed E-state index contributed by atoms with van der Waals surface area (Å²) in [6, 6.07) is 1.95. The van der Waals surface area contributed by atoms with Crippen molar-refractivity contribution in [1.29, 1.82) is 0 Å². The summed E-state index contributed by atoms with van der Waals surface area (Å²) >= 11 is 0. The van der Waals surface area contributed by atoms with Crippen LogP contribution < -0.4 is 15.1 Å². The minimum atomic E-state index is -0.301. The van der Waals surface area contributed by atoms with E-state index in [1.54, 1.807) is 18.6 Å². The number of nitrogens with one attached hydrogen (secondary N) is 1. The molecule has 0 aliphatic carbocycles. The minimum Gasteiger partial charge on any atom is -0.391 e. The van der Waals surface area contributed by atoms with Gasteiger partial charge in [0.05, 0.1) is 11.7 Å². The average molecular weight is 369 g/mol. The monoisotopic (exact) mass is 369 g/mol. The lowest BCUT2D eigenvalue weighted by atomic mass is 10.0. The van der Waals surface area contributed by atoms with E-state index < -0.39 is 0 Å². The van der Waals surface area contributed by atoms with Crippen LogP contribution in [0.4, 0.5) is 11.8 Å². The number of piperazine rings is 1. The van der Waals surface area contributed by atoms with Crippen LogP contribution in [0.5, 0.6) is 0 Å². The SMILES string of the molecule is CC1(C)CN(c2ccnc(-c3cnc(N4CCCC(O)C4)nc3)n2)CCN1. The minimum absolute atomic E-state index is 0.0626. The van der Waals surface area contributed by atoms with Gasteiger partial charge in [-0.1, -0.05) is 0 Å². The van der Waals surface area contributed by atoms with Gasteiger partial charge < -0.3 is 20.2 Å². The number of piperidine rings is 1. The second-order valence-corrected chi connectivity index (χ2v) is 7.98. The van der Waals surface area contributed by atoms with Crippen molar-refractivity contribution in [3.05, 3.63) is 24.7 Å². The second-order valence-electron chi connectivity index (χ2n) is 7.98. The Balaban J connectivity index is 1.52. The molecule has 1 atom stereocenters. The standard InChI is InChI=1S/C19H27N7O/c1-19(2)13-26(9-7-23-19)16-5-6-20-17(24-16)14-10-21-18(22-11-14)25-8-3-4-15(27)12-25/h5-6,10-11,15,23,27H,3-4,7-9,12-13H2,1-2H3. The highest BCUT2D eigenvalue weighted by Gasteiger charge is 2.26. The molecule has 0 amide bonds. The van der Waals surface area contributed by atoms with Gasteiger partial charge in [0.2, 0.25) is 5.95 Å². The molecule has 8 nitrogen and oxygen atoms in total. The number of anilines is 2. The highest BCUT2D eigenvalue weighted by molar-refractivity contribution is 5.56. The average Bonchev–Trinajstić information content (AvgIpc) is 2.67. The van der Waals surface area contributed by atoms with Gasteiger partial charge in [-0.15, -0.1) is 0 Å². The molecule has 2 aromatic heterocycles. The molecular formula is C19H27N7O. The number of aliphatic hydroxyl groups is 1. The summed E-state index contributed by atoms with van der Waals surface area (Å²) in [4.78, 5) is 22.4. The summed E-state index contributed by atoms with van der Waals surface area (Å²) in [7, 11) is 0. The van der Waals surface area contributed by atoms with Crippen LogP contribution in [0.3, 0.4) is 0 Å². The van der Waals surface area contributed by atoms with Gasteiger partial charge in [0.25, 0.3) is 0 Å². The smallest absolute Gasteiger partial charge is 0.225 e. The Hall–Kier alpha value is -2.32. The lowest BCUT2D eigenvalue weighted by Gasteiger charge is -2.39. The first-order valence-electron chi connectivity index (χ1n) is 9.59.